The maximum atomic E-state index is 12.2. The summed E-state index contributed by atoms with van der Waals surface area (Å²) in [7, 11) is 1.61. The molecule has 0 aliphatic heterocycles. The van der Waals surface area contributed by atoms with Crippen LogP contribution < -0.4 is 19.5 Å². The fraction of sp³-hybridized carbons (Fsp3) is 0.350. The van der Waals surface area contributed by atoms with Crippen molar-refractivity contribution in [3.8, 4) is 17.2 Å². The number of carbonyl (C=O) groups is 1. The first-order valence-electron chi connectivity index (χ1n) is 8.48. The number of amides is 1. The Morgan fingerprint density at radius 2 is 1.76 bits per heavy atom. The monoisotopic (exact) mass is 343 g/mol. The molecule has 0 heterocycles. The highest BCUT2D eigenvalue weighted by atomic mass is 16.5. The van der Waals surface area contributed by atoms with E-state index >= 15 is 0 Å². The molecule has 0 bridgehead atoms. The summed E-state index contributed by atoms with van der Waals surface area (Å²) < 4.78 is 16.4. The van der Waals surface area contributed by atoms with Gasteiger partial charge < -0.3 is 19.5 Å². The lowest BCUT2D eigenvalue weighted by molar-refractivity contribution is 0.0951. The summed E-state index contributed by atoms with van der Waals surface area (Å²) in [5, 5.41) is 2.90. The van der Waals surface area contributed by atoms with Crippen molar-refractivity contribution >= 4 is 5.91 Å². The highest BCUT2D eigenvalue weighted by Crippen LogP contribution is 2.28. The van der Waals surface area contributed by atoms with E-state index in [2.05, 4.69) is 12.2 Å². The van der Waals surface area contributed by atoms with Crippen LogP contribution in [0.25, 0.3) is 0 Å². The Kier molecular flexibility index (Phi) is 7.14. The van der Waals surface area contributed by atoms with Gasteiger partial charge in [0.05, 0.1) is 20.3 Å². The van der Waals surface area contributed by atoms with Gasteiger partial charge in [-0.15, -0.1) is 0 Å². The first kappa shape index (κ1) is 18.6. The van der Waals surface area contributed by atoms with Gasteiger partial charge in [0.1, 0.15) is 5.75 Å². The van der Waals surface area contributed by atoms with Crippen LogP contribution in [0.15, 0.2) is 42.5 Å². The molecule has 2 aromatic carbocycles. The van der Waals surface area contributed by atoms with Crippen molar-refractivity contribution in [1.82, 2.24) is 5.32 Å². The van der Waals surface area contributed by atoms with E-state index in [4.69, 9.17) is 14.2 Å². The summed E-state index contributed by atoms with van der Waals surface area (Å²) >= 11 is 0. The van der Waals surface area contributed by atoms with Gasteiger partial charge in [0.2, 0.25) is 0 Å². The molecule has 0 radical (unpaired) electrons. The molecule has 0 aliphatic rings. The lowest BCUT2D eigenvalue weighted by atomic mass is 10.1. The van der Waals surface area contributed by atoms with Crippen LogP contribution in [0.1, 0.15) is 36.2 Å². The molecule has 2 aromatic rings. The second-order valence-electron chi connectivity index (χ2n) is 5.47. The third kappa shape index (κ3) is 5.41. The van der Waals surface area contributed by atoms with E-state index in [0.717, 1.165) is 17.7 Å². The van der Waals surface area contributed by atoms with Crippen LogP contribution in [0.4, 0.5) is 0 Å². The minimum Gasteiger partial charge on any atom is -0.494 e. The molecule has 2 rings (SSSR count). The zero-order chi connectivity index (χ0) is 18.1. The molecule has 1 N–H and O–H groups in total. The molecule has 0 atom stereocenters. The van der Waals surface area contributed by atoms with Crippen LogP contribution in [0.5, 0.6) is 17.2 Å². The average molecular weight is 343 g/mol. The summed E-state index contributed by atoms with van der Waals surface area (Å²) in [6, 6.07) is 12.8. The fourth-order valence-electron chi connectivity index (χ4n) is 2.31. The maximum absolute atomic E-state index is 12.2. The molecule has 0 saturated carbocycles. The van der Waals surface area contributed by atoms with Crippen molar-refractivity contribution in [2.45, 2.75) is 26.8 Å². The Morgan fingerprint density at radius 3 is 2.40 bits per heavy atom. The summed E-state index contributed by atoms with van der Waals surface area (Å²) in [5.74, 6) is 2.01. The quantitative estimate of drug-likeness (QED) is 0.752. The number of hydrogen-bond donors (Lipinski definition) is 1. The first-order chi connectivity index (χ1) is 12.2. The van der Waals surface area contributed by atoms with E-state index in [9.17, 15) is 4.79 Å². The zero-order valence-electron chi connectivity index (χ0n) is 15.0. The van der Waals surface area contributed by atoms with Gasteiger partial charge >= 0.3 is 0 Å². The van der Waals surface area contributed by atoms with Crippen LogP contribution in [0.3, 0.4) is 0 Å². The van der Waals surface area contributed by atoms with Crippen LogP contribution in [-0.2, 0) is 6.54 Å². The predicted molar refractivity (Wildman–Crippen MR) is 97.6 cm³/mol. The van der Waals surface area contributed by atoms with E-state index in [1.165, 1.54) is 0 Å². The van der Waals surface area contributed by atoms with Gasteiger partial charge in [-0.25, -0.2) is 0 Å². The molecular weight excluding hydrogens is 318 g/mol. The topological polar surface area (TPSA) is 56.8 Å². The molecule has 0 unspecified atom stereocenters. The third-order valence-corrected chi connectivity index (χ3v) is 3.57. The Hall–Kier alpha value is -2.69. The lowest BCUT2D eigenvalue weighted by Crippen LogP contribution is -2.22. The molecule has 0 fully saturated rings. The molecule has 1 amide bonds. The Labute approximate surface area is 148 Å². The van der Waals surface area contributed by atoms with Gasteiger partial charge in [-0.1, -0.05) is 13.0 Å². The zero-order valence-corrected chi connectivity index (χ0v) is 15.0. The summed E-state index contributed by atoms with van der Waals surface area (Å²) in [6.45, 7) is 5.64. The molecule has 0 aliphatic carbocycles. The smallest absolute Gasteiger partial charge is 0.251 e. The van der Waals surface area contributed by atoms with Crippen molar-refractivity contribution in [3.63, 3.8) is 0 Å². The van der Waals surface area contributed by atoms with Crippen molar-refractivity contribution < 1.29 is 19.0 Å². The normalized spacial score (nSPS) is 10.2. The van der Waals surface area contributed by atoms with Crippen molar-refractivity contribution in [2.24, 2.45) is 0 Å². The van der Waals surface area contributed by atoms with Crippen LogP contribution >= 0.6 is 0 Å². The van der Waals surface area contributed by atoms with Gasteiger partial charge in [-0.3, -0.25) is 4.79 Å². The van der Waals surface area contributed by atoms with Gasteiger partial charge in [0.15, 0.2) is 11.5 Å². The number of ether oxygens (including phenoxy) is 3. The minimum atomic E-state index is -0.131. The van der Waals surface area contributed by atoms with Crippen LogP contribution in [-0.4, -0.2) is 26.2 Å². The SMILES string of the molecule is CCCOc1ccc(CNC(=O)c2ccc(OCC)cc2)cc1OC. The number of nitrogens with one attached hydrogen (secondary N) is 1. The largest absolute Gasteiger partial charge is 0.494 e. The van der Waals surface area contributed by atoms with Crippen LogP contribution in [0.2, 0.25) is 0 Å². The van der Waals surface area contributed by atoms with Gasteiger partial charge in [-0.2, -0.15) is 0 Å². The number of hydrogen-bond acceptors (Lipinski definition) is 4. The van der Waals surface area contributed by atoms with E-state index in [1.807, 2.05) is 25.1 Å². The number of methoxy groups -OCH3 is 1. The van der Waals surface area contributed by atoms with E-state index in [-0.39, 0.29) is 5.91 Å². The second-order valence-corrected chi connectivity index (χ2v) is 5.47. The van der Waals surface area contributed by atoms with Gasteiger partial charge in [-0.05, 0) is 55.3 Å². The molecular formula is C20H25NO4. The standard InChI is InChI=1S/C20H25NO4/c1-4-12-25-18-11-6-15(13-19(18)23-3)14-21-20(22)16-7-9-17(10-8-16)24-5-2/h6-11,13H,4-5,12,14H2,1-3H3,(H,21,22). The van der Waals surface area contributed by atoms with Crippen LogP contribution in [0, 0.1) is 0 Å². The summed E-state index contributed by atoms with van der Waals surface area (Å²) in [5.41, 5.74) is 1.54. The summed E-state index contributed by atoms with van der Waals surface area (Å²) in [4.78, 5) is 12.2. The lowest BCUT2D eigenvalue weighted by Gasteiger charge is -2.12. The Bertz CT molecular complexity index is 683. The Balaban J connectivity index is 1.96. The Morgan fingerprint density at radius 1 is 1.00 bits per heavy atom. The van der Waals surface area contributed by atoms with E-state index < -0.39 is 0 Å². The van der Waals surface area contributed by atoms with Crippen molar-refractivity contribution in [3.05, 3.63) is 53.6 Å². The molecule has 25 heavy (non-hydrogen) atoms. The van der Waals surface area contributed by atoms with Gasteiger partial charge in [0.25, 0.3) is 5.91 Å². The second kappa shape index (κ2) is 9.57. The molecule has 0 spiro atoms. The molecule has 5 nitrogen and oxygen atoms in total. The number of rotatable bonds is 9. The average Bonchev–Trinajstić information content (AvgIpc) is 2.65. The van der Waals surface area contributed by atoms with Crippen molar-refractivity contribution in [2.75, 3.05) is 20.3 Å². The van der Waals surface area contributed by atoms with E-state index in [0.29, 0.717) is 36.8 Å². The minimum absolute atomic E-state index is 0.131. The molecule has 0 aromatic heterocycles. The first-order valence-corrected chi connectivity index (χ1v) is 8.48. The highest BCUT2D eigenvalue weighted by molar-refractivity contribution is 5.94. The molecule has 134 valence electrons. The fourth-order valence-corrected chi connectivity index (χ4v) is 2.31. The number of carbonyl (C=O) groups excluding carboxylic acids is 1. The van der Waals surface area contributed by atoms with Gasteiger partial charge in [0, 0.05) is 12.1 Å². The molecule has 5 heteroatoms. The highest BCUT2D eigenvalue weighted by Gasteiger charge is 2.08. The van der Waals surface area contributed by atoms with E-state index in [1.54, 1.807) is 31.4 Å². The predicted octanol–water partition coefficient (Wildman–Crippen LogP) is 3.81. The number of benzene rings is 2. The molecule has 0 saturated heterocycles. The van der Waals surface area contributed by atoms with Crippen molar-refractivity contribution in [1.29, 1.82) is 0 Å². The summed E-state index contributed by atoms with van der Waals surface area (Å²) in [6.07, 6.45) is 0.934. The third-order valence-electron chi connectivity index (χ3n) is 3.57. The maximum Gasteiger partial charge on any atom is 0.251 e.